The number of aryl methyl sites for hydroxylation is 2. The van der Waals surface area contributed by atoms with Crippen LogP contribution < -0.4 is 4.74 Å². The van der Waals surface area contributed by atoms with Crippen LogP contribution in [-0.4, -0.2) is 16.7 Å². The molecule has 4 aromatic rings. The summed E-state index contributed by atoms with van der Waals surface area (Å²) in [5, 5.41) is 1.27. The number of rotatable bonds is 2. The van der Waals surface area contributed by atoms with Gasteiger partial charge in [0, 0.05) is 23.7 Å². The number of para-hydroxylation sites is 1. The molecule has 0 fully saturated rings. The number of nitrogens with zero attached hydrogens (tertiary/aromatic N) is 1. The molecule has 0 spiro atoms. The number of H-pyrrole nitrogens is 1. The van der Waals surface area contributed by atoms with E-state index in [1.165, 1.54) is 38.8 Å². The van der Waals surface area contributed by atoms with Crippen molar-refractivity contribution >= 4 is 21.9 Å². The van der Waals surface area contributed by atoms with E-state index in [0.29, 0.717) is 0 Å². The Balaban J connectivity index is 2.06. The van der Waals surface area contributed by atoms with Crippen LogP contribution in [0.4, 0.5) is 0 Å². The second-order valence-corrected chi connectivity index (χ2v) is 5.65. The van der Waals surface area contributed by atoms with Gasteiger partial charge in [0.1, 0.15) is 5.75 Å². The second kappa shape index (κ2) is 4.67. The molecule has 0 amide bonds. The van der Waals surface area contributed by atoms with Crippen LogP contribution in [0.15, 0.2) is 48.5 Å². The Hall–Kier alpha value is -2.68. The van der Waals surface area contributed by atoms with Crippen LogP contribution in [0, 0.1) is 6.92 Å². The molecule has 0 atom stereocenters. The molecule has 0 aliphatic carbocycles. The van der Waals surface area contributed by atoms with Crippen molar-refractivity contribution < 1.29 is 4.74 Å². The fourth-order valence-corrected chi connectivity index (χ4v) is 3.35. The molecular weight excluding hydrogens is 272 g/mol. The van der Waals surface area contributed by atoms with Crippen molar-refractivity contribution in [3.05, 3.63) is 54.2 Å². The van der Waals surface area contributed by atoms with Crippen LogP contribution in [-0.2, 0) is 7.05 Å². The molecule has 3 heteroatoms. The van der Waals surface area contributed by atoms with Crippen molar-refractivity contribution in [3.63, 3.8) is 0 Å². The number of benzene rings is 2. The first kappa shape index (κ1) is 13.0. The van der Waals surface area contributed by atoms with E-state index in [1.54, 1.807) is 7.11 Å². The first-order valence-electron chi connectivity index (χ1n) is 7.41. The van der Waals surface area contributed by atoms with Crippen LogP contribution in [0.1, 0.15) is 5.69 Å². The number of aromatic amines is 1. The lowest BCUT2D eigenvalue weighted by molar-refractivity contribution is 0.415. The van der Waals surface area contributed by atoms with E-state index >= 15 is 0 Å². The van der Waals surface area contributed by atoms with E-state index in [2.05, 4.69) is 59.9 Å². The average molecular weight is 290 g/mol. The van der Waals surface area contributed by atoms with Crippen LogP contribution in [0.3, 0.4) is 0 Å². The molecule has 22 heavy (non-hydrogen) atoms. The van der Waals surface area contributed by atoms with Crippen molar-refractivity contribution in [2.24, 2.45) is 7.05 Å². The minimum absolute atomic E-state index is 0.880. The Morgan fingerprint density at radius 3 is 2.45 bits per heavy atom. The van der Waals surface area contributed by atoms with E-state index in [9.17, 15) is 0 Å². The van der Waals surface area contributed by atoms with Gasteiger partial charge in [-0.2, -0.15) is 0 Å². The topological polar surface area (TPSA) is 29.9 Å². The summed E-state index contributed by atoms with van der Waals surface area (Å²) in [6.07, 6.45) is 0. The molecule has 2 heterocycles. The van der Waals surface area contributed by atoms with Gasteiger partial charge >= 0.3 is 0 Å². The second-order valence-electron chi connectivity index (χ2n) is 5.65. The highest BCUT2D eigenvalue weighted by Crippen LogP contribution is 2.37. The van der Waals surface area contributed by atoms with E-state index < -0.39 is 0 Å². The minimum Gasteiger partial charge on any atom is -0.497 e. The maximum atomic E-state index is 5.26. The monoisotopic (exact) mass is 290 g/mol. The van der Waals surface area contributed by atoms with Gasteiger partial charge in [0.2, 0.25) is 0 Å². The molecule has 0 aliphatic heterocycles. The van der Waals surface area contributed by atoms with Gasteiger partial charge in [-0.15, -0.1) is 0 Å². The van der Waals surface area contributed by atoms with Gasteiger partial charge in [0.05, 0.1) is 23.7 Å². The van der Waals surface area contributed by atoms with Crippen molar-refractivity contribution in [2.45, 2.75) is 6.92 Å². The molecule has 2 aromatic heterocycles. The van der Waals surface area contributed by atoms with Crippen molar-refractivity contribution in [1.82, 2.24) is 9.55 Å². The number of methoxy groups -OCH3 is 1. The Bertz CT molecular complexity index is 974. The third kappa shape index (κ3) is 1.69. The molecule has 0 unspecified atom stereocenters. The van der Waals surface area contributed by atoms with Gasteiger partial charge in [0.25, 0.3) is 0 Å². The summed E-state index contributed by atoms with van der Waals surface area (Å²) in [5.74, 6) is 0.880. The third-order valence-corrected chi connectivity index (χ3v) is 4.41. The number of ether oxygens (including phenoxy) is 1. The fourth-order valence-electron chi connectivity index (χ4n) is 3.35. The van der Waals surface area contributed by atoms with Gasteiger partial charge in [0.15, 0.2) is 0 Å². The standard InChI is InChI=1S/C19H18N2O/c1-12-17(13-8-10-14(22-3)11-9-13)19-18(20-12)15-6-4-5-7-16(15)21(19)2/h4-11,20H,1-3H3. The molecule has 0 saturated heterocycles. The van der Waals surface area contributed by atoms with Gasteiger partial charge in [-0.3, -0.25) is 0 Å². The molecule has 4 rings (SSSR count). The lowest BCUT2D eigenvalue weighted by atomic mass is 10.1. The van der Waals surface area contributed by atoms with E-state index in [0.717, 1.165) is 5.75 Å². The van der Waals surface area contributed by atoms with E-state index in [-0.39, 0.29) is 0 Å². The van der Waals surface area contributed by atoms with Gasteiger partial charge in [-0.1, -0.05) is 30.3 Å². The lowest BCUT2D eigenvalue weighted by Gasteiger charge is -2.06. The highest BCUT2D eigenvalue weighted by molar-refractivity contribution is 6.12. The number of hydrogen-bond donors (Lipinski definition) is 1. The normalized spacial score (nSPS) is 11.4. The highest BCUT2D eigenvalue weighted by atomic mass is 16.5. The first-order chi connectivity index (χ1) is 10.7. The highest BCUT2D eigenvalue weighted by Gasteiger charge is 2.17. The third-order valence-electron chi connectivity index (χ3n) is 4.41. The van der Waals surface area contributed by atoms with Gasteiger partial charge in [-0.25, -0.2) is 0 Å². The largest absolute Gasteiger partial charge is 0.497 e. The summed E-state index contributed by atoms with van der Waals surface area (Å²) < 4.78 is 7.53. The summed E-state index contributed by atoms with van der Waals surface area (Å²) >= 11 is 0. The molecule has 2 aromatic carbocycles. The van der Waals surface area contributed by atoms with Gasteiger partial charge in [-0.05, 0) is 30.7 Å². The quantitative estimate of drug-likeness (QED) is 0.572. The molecule has 0 aliphatic rings. The zero-order chi connectivity index (χ0) is 15.3. The minimum atomic E-state index is 0.880. The predicted molar refractivity (Wildman–Crippen MR) is 91.5 cm³/mol. The Morgan fingerprint density at radius 2 is 1.73 bits per heavy atom. The summed E-state index contributed by atoms with van der Waals surface area (Å²) in [6, 6.07) is 16.8. The summed E-state index contributed by atoms with van der Waals surface area (Å²) in [4.78, 5) is 3.57. The first-order valence-corrected chi connectivity index (χ1v) is 7.41. The molecule has 3 nitrogen and oxygen atoms in total. The number of aromatic nitrogens is 2. The molecule has 1 N–H and O–H groups in total. The smallest absolute Gasteiger partial charge is 0.118 e. The molecule has 110 valence electrons. The lowest BCUT2D eigenvalue weighted by Crippen LogP contribution is -1.90. The van der Waals surface area contributed by atoms with Crippen molar-refractivity contribution in [1.29, 1.82) is 0 Å². The van der Waals surface area contributed by atoms with Crippen LogP contribution in [0.25, 0.3) is 33.1 Å². The van der Waals surface area contributed by atoms with Crippen LogP contribution >= 0.6 is 0 Å². The van der Waals surface area contributed by atoms with Crippen molar-refractivity contribution in [2.75, 3.05) is 7.11 Å². The number of nitrogens with one attached hydrogen (secondary N) is 1. The Morgan fingerprint density at radius 1 is 1.00 bits per heavy atom. The Labute approximate surface area is 129 Å². The zero-order valence-electron chi connectivity index (χ0n) is 13.0. The zero-order valence-corrected chi connectivity index (χ0v) is 13.0. The summed E-state index contributed by atoms with van der Waals surface area (Å²) in [5.41, 5.74) is 7.37. The SMILES string of the molecule is COc1ccc(-c2c(C)[nH]c3c4ccccc4n(C)c23)cc1. The number of fused-ring (bicyclic) bond motifs is 3. The predicted octanol–water partition coefficient (Wildman–Crippen LogP) is 4.64. The van der Waals surface area contributed by atoms with E-state index in [1.807, 2.05) is 12.1 Å². The average Bonchev–Trinajstić information content (AvgIpc) is 3.03. The molecule has 0 saturated carbocycles. The fraction of sp³-hybridized carbons (Fsp3) is 0.158. The number of hydrogen-bond acceptors (Lipinski definition) is 1. The maximum Gasteiger partial charge on any atom is 0.118 e. The molecule has 0 radical (unpaired) electrons. The summed E-state index contributed by atoms with van der Waals surface area (Å²) in [6.45, 7) is 2.13. The van der Waals surface area contributed by atoms with Crippen LogP contribution in [0.2, 0.25) is 0 Å². The van der Waals surface area contributed by atoms with Gasteiger partial charge < -0.3 is 14.3 Å². The summed E-state index contributed by atoms with van der Waals surface area (Å²) in [7, 11) is 3.82. The Kier molecular flexibility index (Phi) is 2.76. The maximum absolute atomic E-state index is 5.26. The molecular formula is C19H18N2O. The van der Waals surface area contributed by atoms with Crippen LogP contribution in [0.5, 0.6) is 5.75 Å². The molecule has 0 bridgehead atoms. The van der Waals surface area contributed by atoms with Crippen molar-refractivity contribution in [3.8, 4) is 16.9 Å². The van der Waals surface area contributed by atoms with E-state index in [4.69, 9.17) is 4.74 Å².